The van der Waals surface area contributed by atoms with Crippen LogP contribution >= 0.6 is 24.0 Å². The second kappa shape index (κ2) is 7.09. The lowest BCUT2D eigenvalue weighted by Crippen LogP contribution is -2.44. The van der Waals surface area contributed by atoms with Crippen molar-refractivity contribution in [1.82, 2.24) is 4.90 Å². The SMILES string of the molecule is O=C1CC(N2C(=O)/C(=C/c3ccccc3)SC2=S)C(=O)N1c1ccccc1. The van der Waals surface area contributed by atoms with Gasteiger partial charge < -0.3 is 0 Å². The number of hydrogen-bond acceptors (Lipinski definition) is 5. The zero-order chi connectivity index (χ0) is 19.0. The number of hydrogen-bond donors (Lipinski definition) is 0. The third-order valence-corrected chi connectivity index (χ3v) is 5.70. The second-order valence-corrected chi connectivity index (χ2v) is 7.76. The first kappa shape index (κ1) is 17.6. The van der Waals surface area contributed by atoms with E-state index in [2.05, 4.69) is 0 Å². The first-order chi connectivity index (χ1) is 13.1. The smallest absolute Gasteiger partial charge is 0.266 e. The Bertz CT molecular complexity index is 973. The van der Waals surface area contributed by atoms with E-state index >= 15 is 0 Å². The van der Waals surface area contributed by atoms with Gasteiger partial charge in [-0.15, -0.1) is 0 Å². The summed E-state index contributed by atoms with van der Waals surface area (Å²) in [4.78, 5) is 41.0. The number of carbonyl (C=O) groups excluding carboxylic acids is 3. The molecule has 2 fully saturated rings. The van der Waals surface area contributed by atoms with Crippen molar-refractivity contribution in [2.45, 2.75) is 12.5 Å². The van der Waals surface area contributed by atoms with Gasteiger partial charge in [-0.25, -0.2) is 4.90 Å². The maximum Gasteiger partial charge on any atom is 0.266 e. The number of carbonyl (C=O) groups is 3. The lowest BCUT2D eigenvalue weighted by Gasteiger charge is -2.21. The average molecular weight is 394 g/mol. The summed E-state index contributed by atoms with van der Waals surface area (Å²) in [7, 11) is 0. The van der Waals surface area contributed by atoms with Crippen molar-refractivity contribution in [2.24, 2.45) is 0 Å². The molecule has 2 aliphatic heterocycles. The molecule has 2 saturated heterocycles. The largest absolute Gasteiger partial charge is 0.280 e. The van der Waals surface area contributed by atoms with Crippen LogP contribution in [0.25, 0.3) is 6.08 Å². The summed E-state index contributed by atoms with van der Waals surface area (Å²) in [6.07, 6.45) is 1.67. The zero-order valence-corrected chi connectivity index (χ0v) is 15.7. The molecule has 0 saturated carbocycles. The summed E-state index contributed by atoms with van der Waals surface area (Å²) in [5, 5.41) is 0. The summed E-state index contributed by atoms with van der Waals surface area (Å²) in [6.45, 7) is 0. The Labute approximate surface area is 165 Å². The highest BCUT2D eigenvalue weighted by Gasteiger charge is 2.48. The number of benzene rings is 2. The summed E-state index contributed by atoms with van der Waals surface area (Å²) in [5.41, 5.74) is 1.37. The predicted octanol–water partition coefficient (Wildman–Crippen LogP) is 3.22. The molecular weight excluding hydrogens is 380 g/mol. The Balaban J connectivity index is 1.61. The molecule has 2 aromatic rings. The van der Waals surface area contributed by atoms with E-state index in [0.29, 0.717) is 14.9 Å². The lowest BCUT2D eigenvalue weighted by molar-refractivity contribution is -0.129. The van der Waals surface area contributed by atoms with Gasteiger partial charge in [0.05, 0.1) is 17.0 Å². The molecule has 5 nitrogen and oxygen atoms in total. The van der Waals surface area contributed by atoms with Gasteiger partial charge in [0, 0.05) is 0 Å². The van der Waals surface area contributed by atoms with Crippen molar-refractivity contribution >= 4 is 57.8 Å². The molecule has 0 N–H and O–H groups in total. The van der Waals surface area contributed by atoms with Crippen LogP contribution in [0.2, 0.25) is 0 Å². The summed E-state index contributed by atoms with van der Waals surface area (Å²) in [5.74, 6) is -1.10. The van der Waals surface area contributed by atoms with E-state index in [9.17, 15) is 14.4 Å². The van der Waals surface area contributed by atoms with Gasteiger partial charge in [-0.2, -0.15) is 0 Å². The third kappa shape index (κ3) is 3.20. The van der Waals surface area contributed by atoms with Gasteiger partial charge >= 0.3 is 0 Å². The predicted molar refractivity (Wildman–Crippen MR) is 109 cm³/mol. The quantitative estimate of drug-likeness (QED) is 0.455. The highest BCUT2D eigenvalue weighted by Crippen LogP contribution is 2.37. The minimum absolute atomic E-state index is 0.0707. The van der Waals surface area contributed by atoms with E-state index in [-0.39, 0.29) is 18.2 Å². The van der Waals surface area contributed by atoms with Gasteiger partial charge in [0.2, 0.25) is 5.91 Å². The van der Waals surface area contributed by atoms with Gasteiger partial charge in [-0.1, -0.05) is 72.5 Å². The Hall–Kier alpha value is -2.77. The number of rotatable bonds is 3. The molecular formula is C20H14N2O3S2. The van der Waals surface area contributed by atoms with E-state index in [1.165, 1.54) is 4.90 Å². The van der Waals surface area contributed by atoms with E-state index in [1.807, 2.05) is 36.4 Å². The van der Waals surface area contributed by atoms with E-state index in [0.717, 1.165) is 22.2 Å². The minimum atomic E-state index is -0.896. The molecule has 0 aliphatic carbocycles. The van der Waals surface area contributed by atoms with Crippen LogP contribution in [0.1, 0.15) is 12.0 Å². The molecule has 0 radical (unpaired) electrons. The van der Waals surface area contributed by atoms with E-state index in [4.69, 9.17) is 12.2 Å². The van der Waals surface area contributed by atoms with Gasteiger partial charge in [0.1, 0.15) is 10.4 Å². The standard InChI is InChI=1S/C20H14N2O3S2/c23-17-12-15(18(24)21(17)14-9-5-2-6-10-14)22-19(25)16(27-20(22)26)11-13-7-3-1-4-8-13/h1-11,15H,12H2/b16-11-. The molecule has 1 atom stereocenters. The number of anilines is 1. The molecule has 134 valence electrons. The summed E-state index contributed by atoms with van der Waals surface area (Å²) >= 11 is 6.49. The fourth-order valence-corrected chi connectivity index (χ4v) is 4.47. The Morgan fingerprint density at radius 1 is 0.963 bits per heavy atom. The van der Waals surface area contributed by atoms with Crippen molar-refractivity contribution in [3.8, 4) is 0 Å². The van der Waals surface area contributed by atoms with Crippen molar-refractivity contribution in [3.05, 3.63) is 71.1 Å². The molecule has 27 heavy (non-hydrogen) atoms. The highest BCUT2D eigenvalue weighted by atomic mass is 32.2. The van der Waals surface area contributed by atoms with Crippen molar-refractivity contribution in [2.75, 3.05) is 4.90 Å². The van der Waals surface area contributed by atoms with Crippen LogP contribution in [0.5, 0.6) is 0 Å². The Morgan fingerprint density at radius 3 is 2.26 bits per heavy atom. The molecule has 1 unspecified atom stereocenters. The molecule has 2 aliphatic rings. The maximum absolute atomic E-state index is 12.9. The van der Waals surface area contributed by atoms with Crippen LogP contribution < -0.4 is 4.90 Å². The Morgan fingerprint density at radius 2 is 1.59 bits per heavy atom. The van der Waals surface area contributed by atoms with Crippen LogP contribution in [-0.4, -0.2) is 33.0 Å². The van der Waals surface area contributed by atoms with E-state index < -0.39 is 11.9 Å². The maximum atomic E-state index is 12.9. The third-order valence-electron chi connectivity index (χ3n) is 4.37. The van der Waals surface area contributed by atoms with Crippen molar-refractivity contribution < 1.29 is 14.4 Å². The summed E-state index contributed by atoms with van der Waals surface area (Å²) < 4.78 is 0.295. The van der Waals surface area contributed by atoms with Gasteiger partial charge in [-0.05, 0) is 23.8 Å². The molecule has 0 bridgehead atoms. The fraction of sp³-hybridized carbons (Fsp3) is 0.100. The molecule has 4 rings (SSSR count). The van der Waals surface area contributed by atoms with Crippen LogP contribution in [0.4, 0.5) is 5.69 Å². The highest BCUT2D eigenvalue weighted by molar-refractivity contribution is 8.26. The molecule has 2 heterocycles. The van der Waals surface area contributed by atoms with E-state index in [1.54, 1.807) is 30.3 Å². The number of nitrogens with zero attached hydrogens (tertiary/aromatic N) is 2. The summed E-state index contributed by atoms with van der Waals surface area (Å²) in [6, 6.07) is 17.2. The number of imide groups is 1. The monoisotopic (exact) mass is 394 g/mol. The van der Waals surface area contributed by atoms with Gasteiger partial charge in [-0.3, -0.25) is 19.3 Å². The fourth-order valence-electron chi connectivity index (χ4n) is 3.12. The number of thioether (sulfide) groups is 1. The normalized spacial score (nSPS) is 21.6. The number of amides is 3. The second-order valence-electron chi connectivity index (χ2n) is 6.09. The minimum Gasteiger partial charge on any atom is -0.280 e. The van der Waals surface area contributed by atoms with Gasteiger partial charge in [0.25, 0.3) is 11.8 Å². The van der Waals surface area contributed by atoms with Crippen LogP contribution in [0.3, 0.4) is 0 Å². The van der Waals surface area contributed by atoms with Gasteiger partial charge in [0.15, 0.2) is 0 Å². The van der Waals surface area contributed by atoms with Crippen LogP contribution in [-0.2, 0) is 14.4 Å². The molecule has 7 heteroatoms. The average Bonchev–Trinajstić information content (AvgIpc) is 3.11. The van der Waals surface area contributed by atoms with Crippen LogP contribution in [0, 0.1) is 0 Å². The molecule has 0 aromatic heterocycles. The first-order valence-electron chi connectivity index (χ1n) is 8.30. The molecule has 3 amide bonds. The Kier molecular flexibility index (Phi) is 4.63. The first-order valence-corrected chi connectivity index (χ1v) is 9.52. The molecule has 0 spiro atoms. The number of para-hydroxylation sites is 1. The van der Waals surface area contributed by atoms with Crippen molar-refractivity contribution in [3.63, 3.8) is 0 Å². The zero-order valence-electron chi connectivity index (χ0n) is 14.1. The molecule has 2 aromatic carbocycles. The number of thiocarbonyl (C=S) groups is 1. The lowest BCUT2D eigenvalue weighted by atomic mass is 10.2. The van der Waals surface area contributed by atoms with Crippen molar-refractivity contribution in [1.29, 1.82) is 0 Å². The van der Waals surface area contributed by atoms with Crippen LogP contribution in [0.15, 0.2) is 65.6 Å². The topological polar surface area (TPSA) is 57.7 Å².